The fourth-order valence-corrected chi connectivity index (χ4v) is 1.12. The highest BCUT2D eigenvalue weighted by atomic mass is 16.3. The standard InChI is InChI=1S/C9H17N3O/c1-4-12-6-7(5-11-12)8(13)9(2,3)10/h5-6,8,13H,4,10H2,1-3H3. The molecule has 0 saturated carbocycles. The van der Waals surface area contributed by atoms with Crippen LogP contribution in [0.4, 0.5) is 0 Å². The lowest BCUT2D eigenvalue weighted by Crippen LogP contribution is -2.39. The van der Waals surface area contributed by atoms with Crippen LogP contribution in [0.5, 0.6) is 0 Å². The summed E-state index contributed by atoms with van der Waals surface area (Å²) in [5.41, 5.74) is 5.92. The van der Waals surface area contributed by atoms with Gasteiger partial charge in [-0.1, -0.05) is 0 Å². The number of hydrogen-bond donors (Lipinski definition) is 2. The molecule has 0 amide bonds. The fraction of sp³-hybridized carbons (Fsp3) is 0.667. The average Bonchev–Trinajstić information content (AvgIpc) is 2.48. The van der Waals surface area contributed by atoms with Crippen molar-refractivity contribution in [2.24, 2.45) is 5.73 Å². The largest absolute Gasteiger partial charge is 0.386 e. The first-order valence-electron chi connectivity index (χ1n) is 4.44. The Morgan fingerprint density at radius 2 is 2.31 bits per heavy atom. The van der Waals surface area contributed by atoms with Crippen LogP contribution in [0, 0.1) is 0 Å². The second-order valence-electron chi connectivity index (χ2n) is 3.85. The molecule has 1 atom stereocenters. The van der Waals surface area contributed by atoms with Crippen LogP contribution in [-0.2, 0) is 6.54 Å². The van der Waals surface area contributed by atoms with Crippen molar-refractivity contribution in [3.05, 3.63) is 18.0 Å². The second kappa shape index (κ2) is 3.47. The number of aromatic nitrogens is 2. The van der Waals surface area contributed by atoms with Crippen molar-refractivity contribution in [1.29, 1.82) is 0 Å². The molecule has 0 spiro atoms. The minimum atomic E-state index is -0.659. The Morgan fingerprint density at radius 1 is 1.69 bits per heavy atom. The molecule has 13 heavy (non-hydrogen) atoms. The Labute approximate surface area is 78.4 Å². The lowest BCUT2D eigenvalue weighted by molar-refractivity contribution is 0.104. The van der Waals surface area contributed by atoms with E-state index in [0.717, 1.165) is 12.1 Å². The SMILES string of the molecule is CCn1cc(C(O)C(C)(C)N)cn1. The molecule has 0 aliphatic carbocycles. The van der Waals surface area contributed by atoms with E-state index in [9.17, 15) is 5.11 Å². The predicted molar refractivity (Wildman–Crippen MR) is 51.1 cm³/mol. The van der Waals surface area contributed by atoms with Crippen LogP contribution in [0.1, 0.15) is 32.4 Å². The number of hydrogen-bond acceptors (Lipinski definition) is 3. The Bertz CT molecular complexity index is 275. The number of aliphatic hydroxyl groups is 1. The third kappa shape index (κ3) is 2.29. The van der Waals surface area contributed by atoms with Crippen molar-refractivity contribution < 1.29 is 5.11 Å². The van der Waals surface area contributed by atoms with E-state index in [-0.39, 0.29) is 0 Å². The molecule has 0 aromatic carbocycles. The highest BCUT2D eigenvalue weighted by molar-refractivity contribution is 5.12. The molecule has 0 fully saturated rings. The maximum Gasteiger partial charge on any atom is 0.0994 e. The summed E-state index contributed by atoms with van der Waals surface area (Å²) in [6.45, 7) is 6.39. The zero-order valence-electron chi connectivity index (χ0n) is 8.36. The third-order valence-corrected chi connectivity index (χ3v) is 2.00. The molecular formula is C9H17N3O. The number of nitrogens with zero attached hydrogens (tertiary/aromatic N) is 2. The molecule has 0 aliphatic heterocycles. The van der Waals surface area contributed by atoms with Crippen molar-refractivity contribution in [1.82, 2.24) is 9.78 Å². The Morgan fingerprint density at radius 3 is 2.69 bits per heavy atom. The van der Waals surface area contributed by atoms with Gasteiger partial charge in [0, 0.05) is 23.8 Å². The van der Waals surface area contributed by atoms with Gasteiger partial charge in [0.05, 0.1) is 12.3 Å². The molecule has 1 rings (SSSR count). The Hall–Kier alpha value is -0.870. The van der Waals surface area contributed by atoms with Crippen LogP contribution >= 0.6 is 0 Å². The van der Waals surface area contributed by atoms with Crippen molar-refractivity contribution >= 4 is 0 Å². The summed E-state index contributed by atoms with van der Waals surface area (Å²) in [5, 5.41) is 13.9. The quantitative estimate of drug-likeness (QED) is 0.724. The Balaban J connectivity index is 2.83. The van der Waals surface area contributed by atoms with Crippen LogP contribution in [0.15, 0.2) is 12.4 Å². The van der Waals surface area contributed by atoms with Gasteiger partial charge < -0.3 is 10.8 Å². The molecule has 0 aliphatic rings. The van der Waals surface area contributed by atoms with Crippen molar-refractivity contribution in [2.45, 2.75) is 39.0 Å². The van der Waals surface area contributed by atoms with E-state index in [0.29, 0.717) is 0 Å². The second-order valence-corrected chi connectivity index (χ2v) is 3.85. The molecule has 0 bridgehead atoms. The molecule has 3 N–H and O–H groups in total. The van der Waals surface area contributed by atoms with Crippen LogP contribution in [-0.4, -0.2) is 20.4 Å². The summed E-state index contributed by atoms with van der Waals surface area (Å²) in [6, 6.07) is 0. The molecule has 4 heteroatoms. The van der Waals surface area contributed by atoms with Gasteiger partial charge in [-0.2, -0.15) is 5.10 Å². The number of nitrogens with two attached hydrogens (primary N) is 1. The van der Waals surface area contributed by atoms with Crippen LogP contribution in [0.25, 0.3) is 0 Å². The van der Waals surface area contributed by atoms with Crippen LogP contribution in [0.3, 0.4) is 0 Å². The van der Waals surface area contributed by atoms with Gasteiger partial charge >= 0.3 is 0 Å². The summed E-state index contributed by atoms with van der Waals surface area (Å²) in [5.74, 6) is 0. The molecular weight excluding hydrogens is 166 g/mol. The van der Waals surface area contributed by atoms with Crippen LogP contribution < -0.4 is 5.73 Å². The summed E-state index contributed by atoms with van der Waals surface area (Å²) in [6.07, 6.45) is 2.81. The van der Waals surface area contributed by atoms with E-state index < -0.39 is 11.6 Å². The normalized spacial score (nSPS) is 14.5. The number of aryl methyl sites for hydroxylation is 1. The average molecular weight is 183 g/mol. The maximum absolute atomic E-state index is 9.79. The van der Waals surface area contributed by atoms with E-state index >= 15 is 0 Å². The van der Waals surface area contributed by atoms with E-state index in [2.05, 4.69) is 5.10 Å². The van der Waals surface area contributed by atoms with E-state index in [1.54, 1.807) is 24.7 Å². The fourth-order valence-electron chi connectivity index (χ4n) is 1.12. The van der Waals surface area contributed by atoms with Gasteiger partial charge in [0.1, 0.15) is 0 Å². The van der Waals surface area contributed by atoms with Gasteiger partial charge in [0.15, 0.2) is 0 Å². The summed E-state index contributed by atoms with van der Waals surface area (Å²) in [4.78, 5) is 0. The van der Waals surface area contributed by atoms with E-state index in [1.165, 1.54) is 0 Å². The molecule has 1 aromatic rings. The zero-order valence-corrected chi connectivity index (χ0v) is 8.36. The molecule has 74 valence electrons. The smallest absolute Gasteiger partial charge is 0.0994 e. The minimum absolute atomic E-state index is 0.623. The molecule has 1 unspecified atom stereocenters. The molecule has 0 radical (unpaired) electrons. The van der Waals surface area contributed by atoms with Gasteiger partial charge in [0.2, 0.25) is 0 Å². The van der Waals surface area contributed by atoms with Gasteiger partial charge in [-0.15, -0.1) is 0 Å². The van der Waals surface area contributed by atoms with Crippen molar-refractivity contribution in [2.75, 3.05) is 0 Å². The minimum Gasteiger partial charge on any atom is -0.386 e. The summed E-state index contributed by atoms with van der Waals surface area (Å²) >= 11 is 0. The Kier molecular flexibility index (Phi) is 2.73. The van der Waals surface area contributed by atoms with Gasteiger partial charge in [0.25, 0.3) is 0 Å². The molecule has 1 heterocycles. The zero-order chi connectivity index (χ0) is 10.1. The van der Waals surface area contributed by atoms with Gasteiger partial charge in [-0.25, -0.2) is 0 Å². The lowest BCUT2D eigenvalue weighted by Gasteiger charge is -2.24. The molecule has 0 saturated heterocycles. The van der Waals surface area contributed by atoms with Gasteiger partial charge in [-0.05, 0) is 20.8 Å². The summed E-state index contributed by atoms with van der Waals surface area (Å²) in [7, 11) is 0. The summed E-state index contributed by atoms with van der Waals surface area (Å²) < 4.78 is 1.77. The highest BCUT2D eigenvalue weighted by Crippen LogP contribution is 2.22. The van der Waals surface area contributed by atoms with E-state index in [4.69, 9.17) is 5.73 Å². The third-order valence-electron chi connectivity index (χ3n) is 2.00. The lowest BCUT2D eigenvalue weighted by atomic mass is 9.95. The first-order chi connectivity index (χ1) is 5.95. The predicted octanol–water partition coefficient (Wildman–Crippen LogP) is 0.674. The number of rotatable bonds is 3. The topological polar surface area (TPSA) is 64.1 Å². The first-order valence-corrected chi connectivity index (χ1v) is 4.44. The van der Waals surface area contributed by atoms with Crippen molar-refractivity contribution in [3.63, 3.8) is 0 Å². The van der Waals surface area contributed by atoms with Crippen molar-refractivity contribution in [3.8, 4) is 0 Å². The van der Waals surface area contributed by atoms with E-state index in [1.807, 2.05) is 13.1 Å². The highest BCUT2D eigenvalue weighted by Gasteiger charge is 2.25. The molecule has 4 nitrogen and oxygen atoms in total. The monoisotopic (exact) mass is 183 g/mol. The van der Waals surface area contributed by atoms with Gasteiger partial charge in [-0.3, -0.25) is 4.68 Å². The maximum atomic E-state index is 9.79. The molecule has 1 aromatic heterocycles. The number of aliphatic hydroxyl groups excluding tert-OH is 1. The van der Waals surface area contributed by atoms with Crippen LogP contribution in [0.2, 0.25) is 0 Å². The first kappa shape index (κ1) is 10.2.